The summed E-state index contributed by atoms with van der Waals surface area (Å²) in [6, 6.07) is 0.647. The molecule has 1 saturated heterocycles. The van der Waals surface area contributed by atoms with E-state index in [9.17, 15) is 0 Å². The first-order valence-corrected chi connectivity index (χ1v) is 8.33. The smallest absolute Gasteiger partial charge is 0.0794 e. The van der Waals surface area contributed by atoms with Crippen LogP contribution in [0.2, 0.25) is 0 Å². The van der Waals surface area contributed by atoms with Crippen molar-refractivity contribution < 1.29 is 0 Å². The largest absolute Gasteiger partial charge is 0.308 e. The van der Waals surface area contributed by atoms with E-state index in [1.165, 1.54) is 24.3 Å². The lowest BCUT2D eigenvalue weighted by atomic mass is 9.88. The predicted octanol–water partition coefficient (Wildman–Crippen LogP) is 2.74. The molecule has 0 bridgehead atoms. The molecule has 2 aliphatic rings. The van der Waals surface area contributed by atoms with Crippen LogP contribution in [0, 0.1) is 11.8 Å². The predicted molar refractivity (Wildman–Crippen MR) is 80.3 cm³/mol. The Morgan fingerprint density at radius 1 is 1.53 bits per heavy atom. The molecule has 0 spiro atoms. The van der Waals surface area contributed by atoms with E-state index < -0.39 is 0 Å². The van der Waals surface area contributed by atoms with E-state index in [1.54, 1.807) is 11.3 Å². The fourth-order valence-corrected chi connectivity index (χ4v) is 4.03. The number of nitrogens with zero attached hydrogens (tertiary/aromatic N) is 2. The van der Waals surface area contributed by atoms with Gasteiger partial charge in [-0.2, -0.15) is 0 Å². The quantitative estimate of drug-likeness (QED) is 0.918. The van der Waals surface area contributed by atoms with Gasteiger partial charge in [-0.25, -0.2) is 0 Å². The summed E-state index contributed by atoms with van der Waals surface area (Å²) < 4.78 is 0. The molecule has 2 atom stereocenters. The lowest BCUT2D eigenvalue weighted by molar-refractivity contribution is 0.0470. The number of aromatic nitrogens is 1. The van der Waals surface area contributed by atoms with Gasteiger partial charge in [0.1, 0.15) is 0 Å². The van der Waals surface area contributed by atoms with Gasteiger partial charge in [-0.15, -0.1) is 11.3 Å². The Bertz CT molecular complexity index is 413. The molecule has 0 aromatic carbocycles. The molecule has 1 aromatic heterocycles. The minimum Gasteiger partial charge on any atom is -0.308 e. The van der Waals surface area contributed by atoms with Crippen LogP contribution < -0.4 is 5.32 Å². The van der Waals surface area contributed by atoms with Gasteiger partial charge in [0, 0.05) is 42.3 Å². The summed E-state index contributed by atoms with van der Waals surface area (Å²) in [5, 5.41) is 3.84. The van der Waals surface area contributed by atoms with Crippen molar-refractivity contribution in [1.82, 2.24) is 15.2 Å². The van der Waals surface area contributed by atoms with Crippen LogP contribution in [0.15, 0.2) is 11.7 Å². The van der Waals surface area contributed by atoms with Gasteiger partial charge < -0.3 is 5.32 Å². The summed E-state index contributed by atoms with van der Waals surface area (Å²) >= 11 is 1.78. The SMILES string of the molecule is CC(C)C1CNC(C)(C2CC2)CN1Cc1cncs1. The van der Waals surface area contributed by atoms with Gasteiger partial charge in [-0.1, -0.05) is 13.8 Å². The number of hydrogen-bond acceptors (Lipinski definition) is 4. The van der Waals surface area contributed by atoms with E-state index in [0.29, 0.717) is 17.5 Å². The van der Waals surface area contributed by atoms with Crippen molar-refractivity contribution in [2.24, 2.45) is 11.8 Å². The number of thiazole rings is 1. The van der Waals surface area contributed by atoms with Gasteiger partial charge in [-0.05, 0) is 31.6 Å². The minimum absolute atomic E-state index is 0.329. The first kappa shape index (κ1) is 13.5. The molecule has 1 aromatic rings. The lowest BCUT2D eigenvalue weighted by Gasteiger charge is -2.48. The molecule has 106 valence electrons. The van der Waals surface area contributed by atoms with Crippen molar-refractivity contribution in [3.63, 3.8) is 0 Å². The number of hydrogen-bond donors (Lipinski definition) is 1. The van der Waals surface area contributed by atoms with E-state index in [-0.39, 0.29) is 0 Å². The third kappa shape index (κ3) is 2.86. The van der Waals surface area contributed by atoms with Crippen molar-refractivity contribution >= 4 is 11.3 Å². The zero-order valence-corrected chi connectivity index (χ0v) is 13.0. The van der Waals surface area contributed by atoms with Crippen molar-refractivity contribution in [3.8, 4) is 0 Å². The molecule has 2 heterocycles. The first-order valence-electron chi connectivity index (χ1n) is 7.45. The van der Waals surface area contributed by atoms with Crippen LogP contribution in [0.25, 0.3) is 0 Å². The summed E-state index contributed by atoms with van der Waals surface area (Å²) in [6.45, 7) is 10.5. The molecule has 3 nitrogen and oxygen atoms in total. The van der Waals surface area contributed by atoms with Crippen LogP contribution in [0.4, 0.5) is 0 Å². The second-order valence-corrected chi connectivity index (χ2v) is 7.73. The van der Waals surface area contributed by atoms with E-state index in [2.05, 4.69) is 36.0 Å². The maximum absolute atomic E-state index is 4.22. The standard InChI is InChI=1S/C15H25N3S/c1-11(2)14-7-17-15(3,12-4-5-12)9-18(14)8-13-6-16-10-19-13/h6,10-12,14,17H,4-5,7-9H2,1-3H3. The highest BCUT2D eigenvalue weighted by Gasteiger charge is 2.46. The Hall–Kier alpha value is -0.450. The van der Waals surface area contributed by atoms with Gasteiger partial charge in [-0.3, -0.25) is 9.88 Å². The Morgan fingerprint density at radius 3 is 2.89 bits per heavy atom. The summed E-state index contributed by atoms with van der Waals surface area (Å²) in [5.41, 5.74) is 2.28. The van der Waals surface area contributed by atoms with E-state index in [0.717, 1.165) is 19.0 Å². The highest BCUT2D eigenvalue weighted by Crippen LogP contribution is 2.42. The second kappa shape index (κ2) is 5.15. The zero-order chi connectivity index (χ0) is 13.5. The van der Waals surface area contributed by atoms with Gasteiger partial charge >= 0.3 is 0 Å². The van der Waals surface area contributed by atoms with Crippen molar-refractivity contribution in [3.05, 3.63) is 16.6 Å². The van der Waals surface area contributed by atoms with Gasteiger partial charge in [0.05, 0.1) is 5.51 Å². The number of nitrogens with one attached hydrogen (secondary N) is 1. The summed E-state index contributed by atoms with van der Waals surface area (Å²) in [6.07, 6.45) is 4.84. The molecular formula is C15H25N3S. The summed E-state index contributed by atoms with van der Waals surface area (Å²) in [7, 11) is 0. The van der Waals surface area contributed by atoms with Crippen LogP contribution in [-0.2, 0) is 6.54 Å². The second-order valence-electron chi connectivity index (χ2n) is 6.76. The maximum Gasteiger partial charge on any atom is 0.0794 e. The third-order valence-electron chi connectivity index (χ3n) is 4.81. The molecule has 0 radical (unpaired) electrons. The van der Waals surface area contributed by atoms with Crippen LogP contribution in [0.5, 0.6) is 0 Å². The molecular weight excluding hydrogens is 254 g/mol. The fraction of sp³-hybridized carbons (Fsp3) is 0.800. The lowest BCUT2D eigenvalue weighted by Crippen LogP contribution is -2.64. The van der Waals surface area contributed by atoms with Crippen LogP contribution >= 0.6 is 11.3 Å². The first-order chi connectivity index (χ1) is 9.08. The van der Waals surface area contributed by atoms with Gasteiger partial charge in [0.2, 0.25) is 0 Å². The molecule has 1 N–H and O–H groups in total. The monoisotopic (exact) mass is 279 g/mol. The molecule has 0 amide bonds. The topological polar surface area (TPSA) is 28.2 Å². The Balaban J connectivity index is 1.74. The Kier molecular flexibility index (Phi) is 3.67. The van der Waals surface area contributed by atoms with Crippen LogP contribution in [0.3, 0.4) is 0 Å². The highest BCUT2D eigenvalue weighted by molar-refractivity contribution is 7.09. The molecule has 1 aliphatic heterocycles. The molecule has 3 rings (SSSR count). The third-order valence-corrected chi connectivity index (χ3v) is 5.57. The molecule has 2 fully saturated rings. The number of piperazine rings is 1. The van der Waals surface area contributed by atoms with Crippen LogP contribution in [0.1, 0.15) is 38.5 Å². The average molecular weight is 279 g/mol. The summed E-state index contributed by atoms with van der Waals surface area (Å²) in [5.74, 6) is 1.59. The molecule has 1 saturated carbocycles. The molecule has 4 heteroatoms. The van der Waals surface area contributed by atoms with Crippen LogP contribution in [-0.4, -0.2) is 34.6 Å². The Morgan fingerprint density at radius 2 is 2.32 bits per heavy atom. The summed E-state index contributed by atoms with van der Waals surface area (Å²) in [4.78, 5) is 8.30. The normalized spacial score (nSPS) is 32.9. The Labute approximate surface area is 120 Å². The molecule has 1 aliphatic carbocycles. The van der Waals surface area contributed by atoms with Crippen molar-refractivity contribution in [2.45, 2.75) is 51.7 Å². The van der Waals surface area contributed by atoms with E-state index in [4.69, 9.17) is 0 Å². The molecule has 19 heavy (non-hydrogen) atoms. The van der Waals surface area contributed by atoms with E-state index >= 15 is 0 Å². The average Bonchev–Trinajstić information content (AvgIpc) is 3.10. The van der Waals surface area contributed by atoms with Crippen molar-refractivity contribution in [1.29, 1.82) is 0 Å². The molecule has 2 unspecified atom stereocenters. The number of rotatable bonds is 4. The minimum atomic E-state index is 0.329. The zero-order valence-electron chi connectivity index (χ0n) is 12.2. The highest BCUT2D eigenvalue weighted by atomic mass is 32.1. The van der Waals surface area contributed by atoms with Crippen molar-refractivity contribution in [2.75, 3.05) is 13.1 Å². The fourth-order valence-electron chi connectivity index (χ4n) is 3.41. The van der Waals surface area contributed by atoms with Gasteiger partial charge in [0.15, 0.2) is 0 Å². The van der Waals surface area contributed by atoms with E-state index in [1.807, 2.05) is 11.7 Å². The van der Waals surface area contributed by atoms with Gasteiger partial charge in [0.25, 0.3) is 0 Å². The maximum atomic E-state index is 4.22.